The third-order valence-electron chi connectivity index (χ3n) is 4.88. The van der Waals surface area contributed by atoms with Gasteiger partial charge < -0.3 is 10.1 Å². The fraction of sp³-hybridized carbons (Fsp3) is 0.318. The maximum Gasteiger partial charge on any atom is 0.243 e. The fourth-order valence-electron chi connectivity index (χ4n) is 3.30. The lowest BCUT2D eigenvalue weighted by Crippen LogP contribution is -2.43. The number of nitrogens with zero attached hydrogens (tertiary/aromatic N) is 1. The van der Waals surface area contributed by atoms with E-state index >= 15 is 0 Å². The Morgan fingerprint density at radius 1 is 1.28 bits per heavy atom. The van der Waals surface area contributed by atoms with Gasteiger partial charge in [0.2, 0.25) is 15.9 Å². The Hall–Kier alpha value is -2.64. The number of nitrogens with one attached hydrogen (secondary N) is 1. The highest BCUT2D eigenvalue weighted by Gasteiger charge is 2.33. The lowest BCUT2D eigenvalue weighted by Gasteiger charge is -2.31. The molecule has 0 radical (unpaired) electrons. The molecule has 0 bridgehead atoms. The summed E-state index contributed by atoms with van der Waals surface area (Å²) in [6, 6.07) is 13.9. The molecule has 0 spiro atoms. The Kier molecular flexibility index (Phi) is 6.71. The number of rotatable bonds is 7. The van der Waals surface area contributed by atoms with Crippen molar-refractivity contribution in [3.63, 3.8) is 0 Å². The molecule has 1 N–H and O–H groups in total. The van der Waals surface area contributed by atoms with Crippen molar-refractivity contribution in [2.45, 2.75) is 24.7 Å². The number of piperidine rings is 1. The normalized spacial score (nSPS) is 17.5. The molecule has 1 heterocycles. The minimum Gasteiger partial charge on any atom is -0.489 e. The van der Waals surface area contributed by atoms with Gasteiger partial charge in [-0.3, -0.25) is 4.79 Å². The van der Waals surface area contributed by atoms with Gasteiger partial charge in [-0.25, -0.2) is 8.42 Å². The van der Waals surface area contributed by atoms with Crippen molar-refractivity contribution in [1.29, 1.82) is 0 Å². The highest BCUT2D eigenvalue weighted by molar-refractivity contribution is 7.89. The molecule has 2 aromatic rings. The zero-order valence-electron chi connectivity index (χ0n) is 16.5. The second-order valence-corrected chi connectivity index (χ2v) is 9.07. The first-order valence-corrected chi connectivity index (χ1v) is 11.1. The minimum atomic E-state index is -3.61. The molecule has 1 aliphatic heterocycles. The van der Waals surface area contributed by atoms with Crippen molar-refractivity contribution >= 4 is 21.6 Å². The van der Waals surface area contributed by atoms with E-state index in [1.807, 2.05) is 6.92 Å². The number of benzene rings is 2. The zero-order valence-corrected chi connectivity index (χ0v) is 17.3. The van der Waals surface area contributed by atoms with E-state index in [0.29, 0.717) is 37.4 Å². The molecule has 1 aliphatic rings. The Morgan fingerprint density at radius 2 is 2.03 bits per heavy atom. The number of ether oxygens (including phenoxy) is 1. The predicted molar refractivity (Wildman–Crippen MR) is 113 cm³/mol. The van der Waals surface area contributed by atoms with Gasteiger partial charge in [0.1, 0.15) is 12.4 Å². The van der Waals surface area contributed by atoms with E-state index < -0.39 is 15.9 Å². The van der Waals surface area contributed by atoms with E-state index in [4.69, 9.17) is 4.74 Å². The quantitative estimate of drug-likeness (QED) is 0.703. The summed E-state index contributed by atoms with van der Waals surface area (Å²) in [6.45, 7) is 6.50. The number of amides is 1. The first-order chi connectivity index (χ1) is 13.9. The van der Waals surface area contributed by atoms with Crippen LogP contribution in [0, 0.1) is 12.8 Å². The summed E-state index contributed by atoms with van der Waals surface area (Å²) < 4.78 is 32.8. The highest BCUT2D eigenvalue weighted by Crippen LogP contribution is 2.25. The van der Waals surface area contributed by atoms with Crippen molar-refractivity contribution in [2.75, 3.05) is 25.0 Å². The molecule has 2 aromatic carbocycles. The molecule has 6 nitrogen and oxygen atoms in total. The smallest absolute Gasteiger partial charge is 0.243 e. The third-order valence-corrected chi connectivity index (χ3v) is 6.76. The van der Waals surface area contributed by atoms with Gasteiger partial charge in [0.15, 0.2) is 0 Å². The molecular weight excluding hydrogens is 388 g/mol. The van der Waals surface area contributed by atoms with Crippen LogP contribution in [0.2, 0.25) is 0 Å². The average molecular weight is 415 g/mol. The van der Waals surface area contributed by atoms with E-state index in [9.17, 15) is 13.2 Å². The largest absolute Gasteiger partial charge is 0.489 e. The monoisotopic (exact) mass is 414 g/mol. The summed E-state index contributed by atoms with van der Waals surface area (Å²) in [5.74, 6) is 0.0475. The summed E-state index contributed by atoms with van der Waals surface area (Å²) in [4.78, 5) is 13.0. The summed E-state index contributed by atoms with van der Waals surface area (Å²) in [5.41, 5.74) is 1.62. The van der Waals surface area contributed by atoms with Crippen LogP contribution in [0.4, 0.5) is 5.69 Å². The van der Waals surface area contributed by atoms with Crippen molar-refractivity contribution in [1.82, 2.24) is 4.31 Å². The van der Waals surface area contributed by atoms with Crippen LogP contribution in [0.5, 0.6) is 5.75 Å². The Balaban J connectivity index is 1.68. The van der Waals surface area contributed by atoms with E-state index in [1.165, 1.54) is 4.31 Å². The van der Waals surface area contributed by atoms with Crippen LogP contribution in [-0.4, -0.2) is 38.3 Å². The number of carbonyl (C=O) groups excluding carboxylic acids is 1. The second-order valence-electron chi connectivity index (χ2n) is 7.13. The number of aryl methyl sites for hydroxylation is 1. The molecule has 7 heteroatoms. The average Bonchev–Trinajstić information content (AvgIpc) is 2.73. The van der Waals surface area contributed by atoms with Gasteiger partial charge in [0, 0.05) is 24.8 Å². The fourth-order valence-corrected chi connectivity index (χ4v) is 4.82. The van der Waals surface area contributed by atoms with Crippen LogP contribution < -0.4 is 10.1 Å². The molecule has 0 aromatic heterocycles. The first-order valence-electron chi connectivity index (χ1n) is 9.61. The molecule has 1 atom stereocenters. The molecule has 1 fully saturated rings. The summed E-state index contributed by atoms with van der Waals surface area (Å²) in [5, 5.41) is 2.88. The molecule has 29 heavy (non-hydrogen) atoms. The molecular formula is C22H26N2O4S. The van der Waals surface area contributed by atoms with Gasteiger partial charge in [-0.15, -0.1) is 0 Å². The SMILES string of the molecule is C=CCOc1cccc(NC(=O)[C@@H]2CCCN(S(=O)(=O)c3ccc(C)cc3)C2)c1. The van der Waals surface area contributed by atoms with Gasteiger partial charge in [-0.1, -0.05) is 36.4 Å². The van der Waals surface area contributed by atoms with Crippen LogP contribution in [0.3, 0.4) is 0 Å². The van der Waals surface area contributed by atoms with Crippen molar-refractivity contribution in [2.24, 2.45) is 5.92 Å². The second kappa shape index (κ2) is 9.24. The van der Waals surface area contributed by atoms with Gasteiger partial charge in [-0.05, 0) is 44.0 Å². The molecule has 0 aliphatic carbocycles. The van der Waals surface area contributed by atoms with Crippen LogP contribution in [-0.2, 0) is 14.8 Å². The van der Waals surface area contributed by atoms with Crippen LogP contribution in [0.1, 0.15) is 18.4 Å². The number of hydrogen-bond acceptors (Lipinski definition) is 4. The standard InChI is InChI=1S/C22H26N2O4S/c1-3-14-28-20-8-4-7-19(15-20)23-22(25)18-6-5-13-24(16-18)29(26,27)21-11-9-17(2)10-12-21/h3-4,7-12,15,18H,1,5-6,13-14,16H2,2H3,(H,23,25)/t18-/m1/s1. The number of carbonyl (C=O) groups is 1. The van der Waals surface area contributed by atoms with E-state index in [1.54, 1.807) is 54.6 Å². The van der Waals surface area contributed by atoms with Crippen LogP contribution in [0.25, 0.3) is 0 Å². The van der Waals surface area contributed by atoms with Gasteiger partial charge in [0.25, 0.3) is 0 Å². The molecule has 1 amide bonds. The minimum absolute atomic E-state index is 0.175. The zero-order chi connectivity index (χ0) is 20.9. The molecule has 1 saturated heterocycles. The highest BCUT2D eigenvalue weighted by atomic mass is 32.2. The number of anilines is 1. The van der Waals surface area contributed by atoms with Gasteiger partial charge in [0.05, 0.1) is 10.8 Å². The molecule has 154 valence electrons. The molecule has 0 saturated carbocycles. The van der Waals surface area contributed by atoms with Crippen molar-refractivity contribution < 1.29 is 17.9 Å². The molecule has 0 unspecified atom stereocenters. The molecule has 3 rings (SSSR count). The van der Waals surface area contributed by atoms with Gasteiger partial charge in [-0.2, -0.15) is 4.31 Å². The number of hydrogen-bond donors (Lipinski definition) is 1. The summed E-state index contributed by atoms with van der Waals surface area (Å²) in [7, 11) is -3.61. The van der Waals surface area contributed by atoms with Crippen molar-refractivity contribution in [3.8, 4) is 5.75 Å². The third kappa shape index (κ3) is 5.25. The summed E-state index contributed by atoms with van der Waals surface area (Å²) in [6.07, 6.45) is 2.94. The lowest BCUT2D eigenvalue weighted by molar-refractivity contribution is -0.120. The Labute approximate surface area is 172 Å². The first kappa shape index (κ1) is 21.1. The Morgan fingerprint density at radius 3 is 2.76 bits per heavy atom. The van der Waals surface area contributed by atoms with E-state index in [-0.39, 0.29) is 17.3 Å². The van der Waals surface area contributed by atoms with Crippen LogP contribution >= 0.6 is 0 Å². The maximum atomic E-state index is 12.9. The number of sulfonamides is 1. The van der Waals surface area contributed by atoms with Crippen LogP contribution in [0.15, 0.2) is 66.1 Å². The topological polar surface area (TPSA) is 75.7 Å². The predicted octanol–water partition coefficient (Wildman–Crippen LogP) is 3.60. The van der Waals surface area contributed by atoms with E-state index in [2.05, 4.69) is 11.9 Å². The maximum absolute atomic E-state index is 12.9. The lowest BCUT2D eigenvalue weighted by atomic mass is 9.98. The van der Waals surface area contributed by atoms with E-state index in [0.717, 1.165) is 5.56 Å². The summed E-state index contributed by atoms with van der Waals surface area (Å²) >= 11 is 0. The van der Waals surface area contributed by atoms with Gasteiger partial charge >= 0.3 is 0 Å². The Bertz CT molecular complexity index is 971. The van der Waals surface area contributed by atoms with Crippen molar-refractivity contribution in [3.05, 3.63) is 66.7 Å².